The number of hydrogen-bond acceptors (Lipinski definition) is 5. The Morgan fingerprint density at radius 2 is 2.26 bits per heavy atom. The Bertz CT molecular complexity index is 722. The minimum absolute atomic E-state index is 0.216. The molecular weight excluding hydrogens is 296 g/mol. The predicted molar refractivity (Wildman–Crippen MR) is 85.4 cm³/mol. The molecule has 1 aromatic carbocycles. The number of likely N-dealkylation sites (N-methyl/N-ethyl adjacent to an activating group) is 1. The summed E-state index contributed by atoms with van der Waals surface area (Å²) >= 11 is 0. The standard InChI is InChI=1S/C17H20N2O4/c1-2-18-7-8-22-11-3-5-15-13(9-11)14(10-23-15)12-4-6-16(20)19-17(12)21/h3,5,9-10,12,18H,2,4,6-8H2,1H3,(H,19,20,21). The van der Waals surface area contributed by atoms with Gasteiger partial charge in [-0.05, 0) is 31.2 Å². The summed E-state index contributed by atoms with van der Waals surface area (Å²) in [6.45, 7) is 4.30. The summed E-state index contributed by atoms with van der Waals surface area (Å²) in [7, 11) is 0. The summed E-state index contributed by atoms with van der Waals surface area (Å²) in [6.07, 6.45) is 2.46. The van der Waals surface area contributed by atoms with Gasteiger partial charge in [0.25, 0.3) is 0 Å². The van der Waals surface area contributed by atoms with Crippen LogP contribution in [0, 0.1) is 0 Å². The van der Waals surface area contributed by atoms with Gasteiger partial charge in [-0.1, -0.05) is 6.92 Å². The van der Waals surface area contributed by atoms with Crippen molar-refractivity contribution in [3.63, 3.8) is 0 Å². The number of ether oxygens (including phenoxy) is 1. The predicted octanol–water partition coefficient (Wildman–Crippen LogP) is 1.94. The van der Waals surface area contributed by atoms with Gasteiger partial charge in [-0.25, -0.2) is 0 Å². The first kappa shape index (κ1) is 15.6. The fourth-order valence-corrected chi connectivity index (χ4v) is 2.80. The molecule has 1 aliphatic rings. The molecule has 0 aliphatic carbocycles. The lowest BCUT2D eigenvalue weighted by atomic mass is 9.90. The van der Waals surface area contributed by atoms with Gasteiger partial charge in [0.05, 0.1) is 12.2 Å². The Hall–Kier alpha value is -2.34. The van der Waals surface area contributed by atoms with Crippen LogP contribution in [-0.2, 0) is 9.59 Å². The highest BCUT2D eigenvalue weighted by atomic mass is 16.5. The summed E-state index contributed by atoms with van der Waals surface area (Å²) < 4.78 is 11.3. The Kier molecular flexibility index (Phi) is 4.62. The van der Waals surface area contributed by atoms with E-state index in [0.29, 0.717) is 25.0 Å². The van der Waals surface area contributed by atoms with Gasteiger partial charge in [-0.3, -0.25) is 14.9 Å². The van der Waals surface area contributed by atoms with Crippen LogP contribution in [-0.4, -0.2) is 31.5 Å². The van der Waals surface area contributed by atoms with E-state index in [0.717, 1.165) is 29.8 Å². The molecule has 3 rings (SSSR count). The highest BCUT2D eigenvalue weighted by Gasteiger charge is 2.30. The minimum Gasteiger partial charge on any atom is -0.492 e. The van der Waals surface area contributed by atoms with E-state index in [2.05, 4.69) is 10.6 Å². The highest BCUT2D eigenvalue weighted by Crippen LogP contribution is 2.34. The van der Waals surface area contributed by atoms with Crippen LogP contribution in [0.25, 0.3) is 11.0 Å². The number of carbonyl (C=O) groups is 2. The van der Waals surface area contributed by atoms with E-state index in [1.165, 1.54) is 0 Å². The molecule has 2 heterocycles. The van der Waals surface area contributed by atoms with Gasteiger partial charge in [0.1, 0.15) is 17.9 Å². The number of carbonyl (C=O) groups excluding carboxylic acids is 2. The minimum atomic E-state index is -0.356. The smallest absolute Gasteiger partial charge is 0.234 e. The van der Waals surface area contributed by atoms with E-state index in [1.807, 2.05) is 25.1 Å². The summed E-state index contributed by atoms with van der Waals surface area (Å²) in [5, 5.41) is 6.44. The molecule has 6 nitrogen and oxygen atoms in total. The first-order valence-corrected chi connectivity index (χ1v) is 7.87. The van der Waals surface area contributed by atoms with Crippen molar-refractivity contribution in [2.24, 2.45) is 0 Å². The number of amides is 2. The third-order valence-corrected chi connectivity index (χ3v) is 3.99. The molecule has 1 saturated heterocycles. The highest BCUT2D eigenvalue weighted by molar-refractivity contribution is 6.02. The van der Waals surface area contributed by atoms with Crippen LogP contribution in [0.5, 0.6) is 5.75 Å². The van der Waals surface area contributed by atoms with Gasteiger partial charge in [-0.2, -0.15) is 0 Å². The molecule has 1 aliphatic heterocycles. The van der Waals surface area contributed by atoms with Crippen molar-refractivity contribution in [3.05, 3.63) is 30.0 Å². The lowest BCUT2D eigenvalue weighted by molar-refractivity contribution is -0.134. The van der Waals surface area contributed by atoms with Crippen molar-refractivity contribution in [3.8, 4) is 5.75 Å². The second-order valence-corrected chi connectivity index (χ2v) is 5.55. The van der Waals surface area contributed by atoms with E-state index in [4.69, 9.17) is 9.15 Å². The molecule has 2 N–H and O–H groups in total. The summed E-state index contributed by atoms with van der Waals surface area (Å²) in [6, 6.07) is 5.59. The van der Waals surface area contributed by atoms with E-state index in [-0.39, 0.29) is 17.7 Å². The van der Waals surface area contributed by atoms with Crippen LogP contribution in [0.2, 0.25) is 0 Å². The maximum atomic E-state index is 12.1. The van der Waals surface area contributed by atoms with Crippen LogP contribution in [0.4, 0.5) is 0 Å². The first-order chi connectivity index (χ1) is 11.2. The van der Waals surface area contributed by atoms with Gasteiger partial charge in [0.15, 0.2) is 0 Å². The molecule has 6 heteroatoms. The molecule has 2 amide bonds. The van der Waals surface area contributed by atoms with Gasteiger partial charge < -0.3 is 14.5 Å². The maximum Gasteiger partial charge on any atom is 0.234 e. The number of rotatable bonds is 6. The molecule has 1 unspecified atom stereocenters. The Morgan fingerprint density at radius 1 is 1.39 bits per heavy atom. The molecule has 1 aromatic heterocycles. The summed E-state index contributed by atoms with van der Waals surface area (Å²) in [4.78, 5) is 23.4. The van der Waals surface area contributed by atoms with Gasteiger partial charge in [-0.15, -0.1) is 0 Å². The molecular formula is C17H20N2O4. The van der Waals surface area contributed by atoms with Crippen molar-refractivity contribution < 1.29 is 18.7 Å². The first-order valence-electron chi connectivity index (χ1n) is 7.87. The second kappa shape index (κ2) is 6.83. The Morgan fingerprint density at radius 3 is 3.04 bits per heavy atom. The lowest BCUT2D eigenvalue weighted by Crippen LogP contribution is -2.39. The monoisotopic (exact) mass is 316 g/mol. The van der Waals surface area contributed by atoms with Crippen LogP contribution in [0.1, 0.15) is 31.2 Å². The molecule has 2 aromatic rings. The van der Waals surface area contributed by atoms with E-state index in [1.54, 1.807) is 6.26 Å². The number of furan rings is 1. The molecule has 0 saturated carbocycles. The molecule has 0 radical (unpaired) electrons. The number of benzene rings is 1. The van der Waals surface area contributed by atoms with Gasteiger partial charge >= 0.3 is 0 Å². The number of imide groups is 1. The van der Waals surface area contributed by atoms with Gasteiger partial charge in [0.2, 0.25) is 11.8 Å². The van der Waals surface area contributed by atoms with Crippen LogP contribution in [0.3, 0.4) is 0 Å². The zero-order valence-electron chi connectivity index (χ0n) is 13.1. The fraction of sp³-hybridized carbons (Fsp3) is 0.412. The molecule has 1 fully saturated rings. The average molecular weight is 316 g/mol. The van der Waals surface area contributed by atoms with E-state index in [9.17, 15) is 9.59 Å². The van der Waals surface area contributed by atoms with Crippen LogP contribution < -0.4 is 15.4 Å². The quantitative estimate of drug-likeness (QED) is 0.629. The Labute approximate surface area is 134 Å². The number of nitrogens with one attached hydrogen (secondary N) is 2. The number of fused-ring (bicyclic) bond motifs is 1. The molecule has 0 bridgehead atoms. The van der Waals surface area contributed by atoms with Crippen molar-refractivity contribution in [1.29, 1.82) is 0 Å². The lowest BCUT2D eigenvalue weighted by Gasteiger charge is -2.19. The average Bonchev–Trinajstić information content (AvgIpc) is 2.95. The van der Waals surface area contributed by atoms with Crippen molar-refractivity contribution in [2.75, 3.05) is 19.7 Å². The zero-order valence-corrected chi connectivity index (χ0v) is 13.1. The maximum absolute atomic E-state index is 12.1. The summed E-state index contributed by atoms with van der Waals surface area (Å²) in [5.74, 6) is -0.0924. The van der Waals surface area contributed by atoms with Crippen molar-refractivity contribution >= 4 is 22.8 Å². The topological polar surface area (TPSA) is 80.6 Å². The molecule has 23 heavy (non-hydrogen) atoms. The number of piperidine rings is 1. The summed E-state index contributed by atoms with van der Waals surface area (Å²) in [5.41, 5.74) is 1.52. The van der Waals surface area contributed by atoms with Crippen LogP contribution in [0.15, 0.2) is 28.9 Å². The third-order valence-electron chi connectivity index (χ3n) is 3.99. The van der Waals surface area contributed by atoms with Crippen LogP contribution >= 0.6 is 0 Å². The van der Waals surface area contributed by atoms with Crippen molar-refractivity contribution in [2.45, 2.75) is 25.7 Å². The van der Waals surface area contributed by atoms with E-state index >= 15 is 0 Å². The normalized spacial score (nSPS) is 18.2. The number of hydrogen-bond donors (Lipinski definition) is 2. The SMILES string of the molecule is CCNCCOc1ccc2occ(C3CCC(=O)NC3=O)c2c1. The molecule has 1 atom stereocenters. The zero-order chi connectivity index (χ0) is 16.2. The molecule has 122 valence electrons. The van der Waals surface area contributed by atoms with Crippen molar-refractivity contribution in [1.82, 2.24) is 10.6 Å². The van der Waals surface area contributed by atoms with Gasteiger partial charge in [0, 0.05) is 23.9 Å². The Balaban J connectivity index is 1.81. The second-order valence-electron chi connectivity index (χ2n) is 5.55. The largest absolute Gasteiger partial charge is 0.492 e. The molecule has 0 spiro atoms. The third kappa shape index (κ3) is 3.37. The fourth-order valence-electron chi connectivity index (χ4n) is 2.80. The van der Waals surface area contributed by atoms with E-state index < -0.39 is 0 Å².